The van der Waals surface area contributed by atoms with Crippen molar-refractivity contribution in [3.63, 3.8) is 0 Å². The van der Waals surface area contributed by atoms with Gasteiger partial charge in [0.15, 0.2) is 12.4 Å². The van der Waals surface area contributed by atoms with E-state index in [0.717, 1.165) is 13.0 Å². The fourth-order valence-corrected chi connectivity index (χ4v) is 3.79. The lowest BCUT2D eigenvalue weighted by Crippen LogP contribution is -2.34. The van der Waals surface area contributed by atoms with Gasteiger partial charge in [0.1, 0.15) is 0 Å². The molecule has 0 amide bonds. The van der Waals surface area contributed by atoms with Crippen molar-refractivity contribution in [1.82, 2.24) is 0 Å². The lowest BCUT2D eigenvalue weighted by Gasteiger charge is -2.04. The molecule has 0 atom stereocenters. The number of aryl methyl sites for hydroxylation is 1. The first-order valence-electron chi connectivity index (χ1n) is 10.5. The quantitative estimate of drug-likeness (QED) is 0.211. The summed E-state index contributed by atoms with van der Waals surface area (Å²) in [5.41, 5.74) is 1.34. The molecule has 0 fully saturated rings. The van der Waals surface area contributed by atoms with Crippen LogP contribution in [0, 0.1) is 0 Å². The van der Waals surface area contributed by atoms with Gasteiger partial charge in [0.05, 0.1) is 11.1 Å². The number of nitrogens with zero attached hydrogens (tertiary/aromatic N) is 1. The molecule has 0 radical (unpaired) electrons. The Kier molecular flexibility index (Phi) is 14.3. The van der Waals surface area contributed by atoms with E-state index in [0.29, 0.717) is 6.73 Å². The molecule has 0 saturated carbocycles. The summed E-state index contributed by atoms with van der Waals surface area (Å²) in [4.78, 5) is 0. The summed E-state index contributed by atoms with van der Waals surface area (Å²) in [6.45, 7) is 5.99. The van der Waals surface area contributed by atoms with Gasteiger partial charge in [-0.3, -0.25) is 0 Å². The summed E-state index contributed by atoms with van der Waals surface area (Å²) in [6.07, 6.45) is 21.9. The fourth-order valence-electron chi connectivity index (χ4n) is 3.12. The predicted molar refractivity (Wildman–Crippen MR) is 111 cm³/mol. The van der Waals surface area contributed by atoms with Crippen LogP contribution in [0.1, 0.15) is 96.5 Å². The molecule has 3 heteroatoms. The van der Waals surface area contributed by atoms with E-state index in [9.17, 15) is 0 Å². The molecule has 0 aromatic carbocycles. The number of pyridine rings is 1. The van der Waals surface area contributed by atoms with Crippen LogP contribution in [0.4, 0.5) is 0 Å². The first-order valence-corrected chi connectivity index (χ1v) is 11.3. The number of hydrogen-bond donors (Lipinski definition) is 0. The van der Waals surface area contributed by atoms with Crippen LogP contribution in [0.5, 0.6) is 0 Å². The van der Waals surface area contributed by atoms with Crippen LogP contribution in [0.2, 0.25) is 0 Å². The van der Waals surface area contributed by atoms with Gasteiger partial charge in [-0.1, -0.05) is 84.5 Å². The highest BCUT2D eigenvalue weighted by Crippen LogP contribution is 2.14. The highest BCUT2D eigenvalue weighted by Gasteiger charge is 2.05. The van der Waals surface area contributed by atoms with E-state index in [2.05, 4.69) is 52.8 Å². The van der Waals surface area contributed by atoms with Crippen LogP contribution in [0.25, 0.3) is 0 Å². The van der Waals surface area contributed by atoms with Crippen LogP contribution in [0.3, 0.4) is 0 Å². The van der Waals surface area contributed by atoms with Crippen molar-refractivity contribution in [2.75, 3.05) is 6.61 Å². The Hall–Kier alpha value is -0.410. The van der Waals surface area contributed by atoms with Crippen molar-refractivity contribution in [3.05, 3.63) is 28.5 Å². The van der Waals surface area contributed by atoms with Gasteiger partial charge in [-0.25, -0.2) is 0 Å². The third-order valence-electron chi connectivity index (χ3n) is 4.82. The highest BCUT2D eigenvalue weighted by atomic mass is 79.9. The van der Waals surface area contributed by atoms with Crippen molar-refractivity contribution >= 4 is 15.9 Å². The molecule has 0 aliphatic heterocycles. The molecule has 1 rings (SSSR count). The number of unbranched alkanes of at least 4 members (excludes halogenated alkanes) is 11. The molecule has 1 aromatic rings. The van der Waals surface area contributed by atoms with Gasteiger partial charge < -0.3 is 4.74 Å². The molecule has 0 saturated heterocycles. The standard InChI is InChI=1S/C22H39BrNO/c1-3-5-6-7-8-9-10-11-12-13-14-15-18-25-20-24-17-16-21(4-2)22(23)19-24/h16-17,19H,3-15,18,20H2,1-2H3/q+1. The van der Waals surface area contributed by atoms with E-state index in [4.69, 9.17) is 4.74 Å². The van der Waals surface area contributed by atoms with Crippen LogP contribution in [-0.2, 0) is 17.9 Å². The molecule has 1 heterocycles. The molecule has 0 N–H and O–H groups in total. The Bertz CT molecular complexity index is 436. The van der Waals surface area contributed by atoms with Crippen molar-refractivity contribution < 1.29 is 9.30 Å². The maximum Gasteiger partial charge on any atom is 0.252 e. The van der Waals surface area contributed by atoms with E-state index >= 15 is 0 Å². The molecule has 2 nitrogen and oxygen atoms in total. The van der Waals surface area contributed by atoms with Crippen molar-refractivity contribution in [3.8, 4) is 0 Å². The van der Waals surface area contributed by atoms with E-state index < -0.39 is 0 Å². The summed E-state index contributed by atoms with van der Waals surface area (Å²) < 4.78 is 9.06. The molecule has 144 valence electrons. The Morgan fingerprint density at radius 2 is 1.40 bits per heavy atom. The lowest BCUT2D eigenvalue weighted by molar-refractivity contribution is -0.733. The average molecular weight is 413 g/mol. The number of halogens is 1. The monoisotopic (exact) mass is 412 g/mol. The molecule has 0 aliphatic rings. The Morgan fingerprint density at radius 1 is 0.840 bits per heavy atom. The summed E-state index contributed by atoms with van der Waals surface area (Å²) in [5.74, 6) is 0. The molecule has 0 unspecified atom stereocenters. The Balaban J connectivity index is 1.87. The number of ether oxygens (including phenoxy) is 1. The van der Waals surface area contributed by atoms with Gasteiger partial charge >= 0.3 is 0 Å². The largest absolute Gasteiger partial charge is 0.323 e. The maximum absolute atomic E-state index is 5.78. The second-order valence-corrected chi connectivity index (χ2v) is 7.97. The van der Waals surface area contributed by atoms with Gasteiger partial charge in [0.25, 0.3) is 6.73 Å². The summed E-state index contributed by atoms with van der Waals surface area (Å²) in [6, 6.07) is 2.16. The van der Waals surface area contributed by atoms with Gasteiger partial charge in [0, 0.05) is 6.07 Å². The van der Waals surface area contributed by atoms with E-state index in [1.165, 1.54) is 87.1 Å². The summed E-state index contributed by atoms with van der Waals surface area (Å²) in [7, 11) is 0. The SMILES string of the molecule is CCCCCCCCCCCCCCOC[n+]1ccc(CC)c(Br)c1. The van der Waals surface area contributed by atoms with Crippen LogP contribution >= 0.6 is 15.9 Å². The number of rotatable bonds is 16. The molecular weight excluding hydrogens is 374 g/mol. The zero-order valence-electron chi connectivity index (χ0n) is 16.6. The molecule has 25 heavy (non-hydrogen) atoms. The van der Waals surface area contributed by atoms with E-state index in [1.807, 2.05) is 0 Å². The molecular formula is C22H39BrNO+. The lowest BCUT2D eigenvalue weighted by atomic mass is 10.1. The zero-order valence-corrected chi connectivity index (χ0v) is 18.2. The van der Waals surface area contributed by atoms with Gasteiger partial charge in [-0.2, -0.15) is 4.57 Å². The molecule has 0 aliphatic carbocycles. The van der Waals surface area contributed by atoms with E-state index in [1.54, 1.807) is 0 Å². The summed E-state index contributed by atoms with van der Waals surface area (Å²) >= 11 is 3.62. The predicted octanol–water partition coefficient (Wildman–Crippen LogP) is 6.97. The maximum atomic E-state index is 5.78. The van der Waals surface area contributed by atoms with Crippen molar-refractivity contribution in [2.24, 2.45) is 0 Å². The fraction of sp³-hybridized carbons (Fsp3) is 0.773. The minimum atomic E-state index is 0.653. The molecule has 1 aromatic heterocycles. The van der Waals surface area contributed by atoms with Gasteiger partial charge in [-0.15, -0.1) is 0 Å². The topological polar surface area (TPSA) is 13.1 Å². The normalized spacial score (nSPS) is 11.2. The minimum Gasteiger partial charge on any atom is -0.323 e. The first-order chi connectivity index (χ1) is 12.3. The van der Waals surface area contributed by atoms with Crippen LogP contribution < -0.4 is 4.57 Å². The number of aromatic nitrogens is 1. The second kappa shape index (κ2) is 15.8. The van der Waals surface area contributed by atoms with Crippen LogP contribution in [0.15, 0.2) is 22.9 Å². The smallest absolute Gasteiger partial charge is 0.252 e. The molecule has 0 bridgehead atoms. The Labute approximate surface area is 164 Å². The van der Waals surface area contributed by atoms with Gasteiger partial charge in [-0.05, 0) is 34.3 Å². The second-order valence-electron chi connectivity index (χ2n) is 7.11. The number of hydrogen-bond acceptors (Lipinski definition) is 1. The minimum absolute atomic E-state index is 0.653. The van der Waals surface area contributed by atoms with Gasteiger partial charge in [0.2, 0.25) is 0 Å². The highest BCUT2D eigenvalue weighted by molar-refractivity contribution is 9.10. The van der Waals surface area contributed by atoms with Crippen molar-refractivity contribution in [2.45, 2.75) is 104 Å². The average Bonchev–Trinajstić information content (AvgIpc) is 2.62. The zero-order chi connectivity index (χ0) is 18.2. The van der Waals surface area contributed by atoms with E-state index in [-0.39, 0.29) is 0 Å². The Morgan fingerprint density at radius 3 is 1.92 bits per heavy atom. The first kappa shape index (κ1) is 22.6. The third kappa shape index (κ3) is 11.8. The van der Waals surface area contributed by atoms with Crippen molar-refractivity contribution in [1.29, 1.82) is 0 Å². The third-order valence-corrected chi connectivity index (χ3v) is 5.53. The summed E-state index contributed by atoms with van der Waals surface area (Å²) in [5, 5.41) is 0. The molecule has 0 spiro atoms. The van der Waals surface area contributed by atoms with Crippen LogP contribution in [-0.4, -0.2) is 6.61 Å².